The monoisotopic (exact) mass is 544 g/mol. The predicted molar refractivity (Wildman–Crippen MR) is 131 cm³/mol. The van der Waals surface area contributed by atoms with Crippen LogP contribution in [0.1, 0.15) is 0 Å². The number of piperazine rings is 1. The first kappa shape index (κ1) is 27.1. The average Bonchev–Trinajstić information content (AvgIpc) is 2.82. The Morgan fingerprint density at radius 3 is 1.83 bits per heavy atom. The highest BCUT2D eigenvalue weighted by atomic mass is 32.2. The van der Waals surface area contributed by atoms with Gasteiger partial charge in [0, 0.05) is 40.3 Å². The molecule has 35 heavy (non-hydrogen) atoms. The summed E-state index contributed by atoms with van der Waals surface area (Å²) < 4.78 is 78.2. The molecule has 0 aromatic heterocycles. The Morgan fingerprint density at radius 1 is 0.800 bits per heavy atom. The molecule has 0 saturated carbocycles. The maximum atomic E-state index is 12.9. The van der Waals surface area contributed by atoms with E-state index in [4.69, 9.17) is 0 Å². The fraction of sp³-hybridized carbons (Fsp3) is 0.381. The third-order valence-electron chi connectivity index (χ3n) is 5.55. The van der Waals surface area contributed by atoms with E-state index in [0.29, 0.717) is 0 Å². The number of amides is 1. The molecule has 2 aromatic carbocycles. The normalized spacial score (nSPS) is 15.8. The molecule has 0 aliphatic carbocycles. The molecule has 1 aliphatic heterocycles. The van der Waals surface area contributed by atoms with E-state index in [1.165, 1.54) is 59.7 Å². The van der Waals surface area contributed by atoms with Crippen LogP contribution in [0, 0.1) is 0 Å². The molecule has 0 atom stereocenters. The third-order valence-corrected chi connectivity index (χ3v) is 10.4. The van der Waals surface area contributed by atoms with Crippen molar-refractivity contribution in [1.82, 2.24) is 13.5 Å². The maximum Gasteiger partial charge on any atom is 0.243 e. The molecule has 192 valence electrons. The van der Waals surface area contributed by atoms with E-state index in [1.54, 1.807) is 18.2 Å². The van der Waals surface area contributed by atoms with Gasteiger partial charge < -0.3 is 4.90 Å². The van der Waals surface area contributed by atoms with Gasteiger partial charge in [-0.15, -0.1) is 0 Å². The Bertz CT molecular complexity index is 1370. The molecule has 1 heterocycles. The van der Waals surface area contributed by atoms with Gasteiger partial charge in [0.05, 0.1) is 21.7 Å². The van der Waals surface area contributed by atoms with E-state index in [0.717, 1.165) is 14.9 Å². The fourth-order valence-corrected chi connectivity index (χ4v) is 6.73. The van der Waals surface area contributed by atoms with Gasteiger partial charge >= 0.3 is 0 Å². The van der Waals surface area contributed by atoms with E-state index in [1.807, 2.05) is 0 Å². The van der Waals surface area contributed by atoms with Crippen molar-refractivity contribution in [3.8, 4) is 0 Å². The summed E-state index contributed by atoms with van der Waals surface area (Å²) in [6.07, 6.45) is 0.953. The summed E-state index contributed by atoms with van der Waals surface area (Å²) in [5.41, 5.74) is 0.142. The summed E-state index contributed by atoms with van der Waals surface area (Å²) in [6.45, 7) is -0.104. The lowest BCUT2D eigenvalue weighted by Crippen LogP contribution is -2.53. The molecular weight excluding hydrogens is 516 g/mol. The second-order valence-corrected chi connectivity index (χ2v) is 14.1. The lowest BCUT2D eigenvalue weighted by Gasteiger charge is -2.35. The Hall–Kier alpha value is -2.52. The highest BCUT2D eigenvalue weighted by molar-refractivity contribution is 7.92. The summed E-state index contributed by atoms with van der Waals surface area (Å²) in [4.78, 5) is 14.5. The lowest BCUT2D eigenvalue weighted by molar-refractivity contribution is -0.130. The number of benzene rings is 2. The van der Waals surface area contributed by atoms with Crippen molar-refractivity contribution < 1.29 is 30.0 Å². The molecular formula is C21H28N4O7S3. The summed E-state index contributed by atoms with van der Waals surface area (Å²) in [5, 5.41) is 0. The van der Waals surface area contributed by atoms with Crippen LogP contribution in [0.3, 0.4) is 0 Å². The maximum absolute atomic E-state index is 12.9. The van der Waals surface area contributed by atoms with Crippen molar-refractivity contribution in [3.05, 3.63) is 54.6 Å². The van der Waals surface area contributed by atoms with Crippen molar-refractivity contribution in [3.63, 3.8) is 0 Å². The lowest BCUT2D eigenvalue weighted by atomic mass is 10.3. The first-order valence-electron chi connectivity index (χ1n) is 10.6. The van der Waals surface area contributed by atoms with Crippen LogP contribution in [0.4, 0.5) is 5.69 Å². The minimum atomic E-state index is -3.87. The van der Waals surface area contributed by atoms with E-state index in [9.17, 15) is 30.0 Å². The SMILES string of the molecule is CN(C)S(=O)(=O)c1ccc(N(CC(=O)N2CCN(S(=O)(=O)c3ccccc3)CC2)S(C)(=O)=O)cc1. The number of hydrogen-bond acceptors (Lipinski definition) is 7. The zero-order valence-electron chi connectivity index (χ0n) is 19.6. The smallest absolute Gasteiger partial charge is 0.243 e. The Balaban J connectivity index is 1.72. The van der Waals surface area contributed by atoms with Crippen LogP contribution >= 0.6 is 0 Å². The fourth-order valence-electron chi connectivity index (χ4n) is 3.54. The quantitative estimate of drug-likeness (QED) is 0.465. The highest BCUT2D eigenvalue weighted by Crippen LogP contribution is 2.23. The molecule has 0 bridgehead atoms. The van der Waals surface area contributed by atoms with Gasteiger partial charge in [-0.25, -0.2) is 29.6 Å². The molecule has 3 rings (SSSR count). The van der Waals surface area contributed by atoms with Crippen LogP contribution in [-0.2, 0) is 34.9 Å². The topological polar surface area (TPSA) is 132 Å². The molecule has 14 heteroatoms. The molecule has 0 radical (unpaired) electrons. The van der Waals surface area contributed by atoms with Gasteiger partial charge in [0.15, 0.2) is 0 Å². The number of nitrogens with zero attached hydrogens (tertiary/aromatic N) is 4. The minimum absolute atomic E-state index is 0.0122. The minimum Gasteiger partial charge on any atom is -0.338 e. The second-order valence-electron chi connectivity index (χ2n) is 8.15. The molecule has 0 unspecified atom stereocenters. The Labute approximate surface area is 206 Å². The summed E-state index contributed by atoms with van der Waals surface area (Å²) in [6, 6.07) is 13.2. The number of hydrogen-bond donors (Lipinski definition) is 0. The molecule has 1 fully saturated rings. The second kappa shape index (κ2) is 10.2. The molecule has 1 saturated heterocycles. The van der Waals surface area contributed by atoms with Gasteiger partial charge in [0.2, 0.25) is 36.0 Å². The summed E-state index contributed by atoms with van der Waals surface area (Å²) in [7, 11) is -8.48. The van der Waals surface area contributed by atoms with Gasteiger partial charge in [-0.2, -0.15) is 4.31 Å². The first-order valence-corrected chi connectivity index (χ1v) is 15.3. The van der Waals surface area contributed by atoms with Crippen LogP contribution in [0.5, 0.6) is 0 Å². The Kier molecular flexibility index (Phi) is 7.91. The average molecular weight is 545 g/mol. The number of carbonyl (C=O) groups excluding carboxylic acids is 1. The molecule has 1 aliphatic rings. The summed E-state index contributed by atoms with van der Waals surface area (Å²) in [5.74, 6) is -0.489. The largest absolute Gasteiger partial charge is 0.338 e. The van der Waals surface area contributed by atoms with Gasteiger partial charge in [-0.3, -0.25) is 9.10 Å². The van der Waals surface area contributed by atoms with E-state index < -0.39 is 42.5 Å². The zero-order valence-corrected chi connectivity index (χ0v) is 22.1. The van der Waals surface area contributed by atoms with Gasteiger partial charge in [-0.05, 0) is 36.4 Å². The van der Waals surface area contributed by atoms with E-state index in [2.05, 4.69) is 0 Å². The van der Waals surface area contributed by atoms with Crippen LogP contribution < -0.4 is 4.31 Å². The van der Waals surface area contributed by atoms with E-state index in [-0.39, 0.29) is 41.7 Å². The van der Waals surface area contributed by atoms with E-state index >= 15 is 0 Å². The number of rotatable bonds is 8. The van der Waals surface area contributed by atoms with Crippen molar-refractivity contribution in [1.29, 1.82) is 0 Å². The third kappa shape index (κ3) is 6.01. The van der Waals surface area contributed by atoms with Crippen molar-refractivity contribution in [2.75, 3.05) is 57.4 Å². The molecule has 0 spiro atoms. The van der Waals surface area contributed by atoms with Gasteiger partial charge in [0.1, 0.15) is 6.54 Å². The molecule has 2 aromatic rings. The summed E-state index contributed by atoms with van der Waals surface area (Å²) >= 11 is 0. The first-order chi connectivity index (χ1) is 16.2. The van der Waals surface area contributed by atoms with Crippen LogP contribution in [0.25, 0.3) is 0 Å². The molecule has 11 nitrogen and oxygen atoms in total. The van der Waals surface area contributed by atoms with Crippen LogP contribution in [-0.4, -0.2) is 97.7 Å². The van der Waals surface area contributed by atoms with Crippen molar-refractivity contribution >= 4 is 41.7 Å². The zero-order chi connectivity index (χ0) is 26.0. The number of carbonyl (C=O) groups is 1. The van der Waals surface area contributed by atoms with Crippen LogP contribution in [0.15, 0.2) is 64.4 Å². The van der Waals surface area contributed by atoms with Gasteiger partial charge in [0.25, 0.3) is 0 Å². The standard InChI is InChI=1S/C21H28N4O7S3/c1-22(2)34(29,30)20-11-9-18(10-12-20)25(33(3,27)28)17-21(26)23-13-15-24(16-14-23)35(31,32)19-7-5-4-6-8-19/h4-12H,13-17H2,1-3H3. The molecule has 0 N–H and O–H groups in total. The highest BCUT2D eigenvalue weighted by Gasteiger charge is 2.31. The van der Waals surface area contributed by atoms with Gasteiger partial charge in [-0.1, -0.05) is 18.2 Å². The Morgan fingerprint density at radius 2 is 1.34 bits per heavy atom. The van der Waals surface area contributed by atoms with Crippen LogP contribution in [0.2, 0.25) is 0 Å². The molecule has 1 amide bonds. The predicted octanol–water partition coefficient (Wildman–Crippen LogP) is 0.236. The number of anilines is 1. The number of sulfonamides is 3. The van der Waals surface area contributed by atoms with Crippen molar-refractivity contribution in [2.45, 2.75) is 9.79 Å². The van der Waals surface area contributed by atoms with Crippen molar-refractivity contribution in [2.24, 2.45) is 0 Å².